The quantitative estimate of drug-likeness (QED) is 0.304. The van der Waals surface area contributed by atoms with Crippen LogP contribution in [-0.4, -0.2) is 33.3 Å². The molecule has 4 aliphatic rings. The molecule has 208 valence electrons. The van der Waals surface area contributed by atoms with Crippen molar-refractivity contribution >= 4 is 61.5 Å². The van der Waals surface area contributed by atoms with Crippen molar-refractivity contribution in [2.45, 2.75) is 0 Å². The number of hydrogen-bond donors (Lipinski definition) is 2. The highest BCUT2D eigenvalue weighted by Gasteiger charge is 2.54. The van der Waals surface area contributed by atoms with Gasteiger partial charge in [-0.1, -0.05) is 133 Å². The molecule has 0 aromatic heterocycles. The van der Waals surface area contributed by atoms with Gasteiger partial charge in [-0.05, 0) is 44.1 Å². The zero-order chi connectivity index (χ0) is 29.6. The summed E-state index contributed by atoms with van der Waals surface area (Å²) >= 11 is 0. The van der Waals surface area contributed by atoms with Crippen LogP contribution in [0.25, 0.3) is 44.5 Å². The van der Waals surface area contributed by atoms with E-state index in [1.807, 2.05) is 24.3 Å². The van der Waals surface area contributed by atoms with E-state index in [1.165, 1.54) is 22.3 Å². The van der Waals surface area contributed by atoms with Crippen molar-refractivity contribution in [3.63, 3.8) is 0 Å². The first-order valence-corrected chi connectivity index (χ1v) is 15.4. The summed E-state index contributed by atoms with van der Waals surface area (Å²) in [5.74, 6) is 0. The molecule has 5 nitrogen and oxygen atoms in total. The molecule has 0 saturated carbocycles. The molecule has 4 aliphatic heterocycles. The predicted molar refractivity (Wildman–Crippen MR) is 187 cm³/mol. The van der Waals surface area contributed by atoms with Gasteiger partial charge in [0.2, 0.25) is 0 Å². The molecule has 0 unspecified atom stereocenters. The Morgan fingerprint density at radius 1 is 0.444 bits per heavy atom. The molecule has 0 atom stereocenters. The number of anilines is 2. The van der Waals surface area contributed by atoms with Crippen molar-refractivity contribution in [2.75, 3.05) is 9.95 Å². The minimum absolute atomic E-state index is 0.337. The average molecular weight is 576 g/mol. The van der Waals surface area contributed by atoms with Crippen molar-refractivity contribution in [3.8, 4) is 44.5 Å². The number of hydrogen-bond acceptors (Lipinski definition) is 5. The van der Waals surface area contributed by atoms with Crippen LogP contribution in [0, 0.1) is 0 Å². The minimum Gasteiger partial charge on any atom is -0.450 e. The highest BCUT2D eigenvalue weighted by molar-refractivity contribution is 7.00. The molecule has 0 amide bonds. The molecule has 6 aromatic rings. The van der Waals surface area contributed by atoms with Gasteiger partial charge in [-0.2, -0.15) is 0 Å². The molecule has 0 radical (unpaired) electrons. The van der Waals surface area contributed by atoms with Crippen molar-refractivity contribution in [1.82, 2.24) is 0 Å². The summed E-state index contributed by atoms with van der Waals surface area (Å²) < 4.78 is 16.4. The third-order valence-corrected chi connectivity index (χ3v) is 9.73. The fourth-order valence-electron chi connectivity index (χ4n) is 7.82. The molecule has 2 N–H and O–H groups in total. The average Bonchev–Trinajstić information content (AvgIpc) is 3.11. The largest absolute Gasteiger partial charge is 0.466 e. The molecule has 0 aliphatic carbocycles. The van der Waals surface area contributed by atoms with Crippen LogP contribution in [0.1, 0.15) is 0 Å². The standard InChI is InChI=1S/C36H24B4N2O3/c43-37-31-19-5-1-11-23(31)27-15-9-16-28(35(27)41-37)24-12-4-8-22-34(24)40-44-38-32-20-6-2-13-25(32)29-17-10-18-30-26-14-3-7-21-33(26)39(45-40)42(38)36(29)30/h1-22,41,43H. The Kier molecular flexibility index (Phi) is 5.38. The van der Waals surface area contributed by atoms with E-state index in [-0.39, 0.29) is 14.1 Å². The van der Waals surface area contributed by atoms with Crippen LogP contribution < -0.4 is 31.8 Å². The van der Waals surface area contributed by atoms with Gasteiger partial charge in [0.25, 0.3) is 0 Å². The van der Waals surface area contributed by atoms with E-state index < -0.39 is 14.2 Å². The van der Waals surface area contributed by atoms with Gasteiger partial charge in [-0.3, -0.25) is 0 Å². The maximum absolute atomic E-state index is 11.1. The molecule has 1 fully saturated rings. The third kappa shape index (κ3) is 3.54. The van der Waals surface area contributed by atoms with Gasteiger partial charge < -0.3 is 24.1 Å². The van der Waals surface area contributed by atoms with Gasteiger partial charge in [-0.25, -0.2) is 0 Å². The molecule has 4 heterocycles. The number of rotatable bonds is 2. The topological polar surface area (TPSA) is 54.0 Å². The lowest BCUT2D eigenvalue weighted by molar-refractivity contribution is 0.437. The van der Waals surface area contributed by atoms with E-state index in [2.05, 4.69) is 119 Å². The Morgan fingerprint density at radius 3 is 1.40 bits per heavy atom. The van der Waals surface area contributed by atoms with Crippen LogP contribution >= 0.6 is 0 Å². The number of benzene rings is 6. The zero-order valence-corrected chi connectivity index (χ0v) is 24.2. The Morgan fingerprint density at radius 2 is 0.844 bits per heavy atom. The molecule has 1 saturated heterocycles. The van der Waals surface area contributed by atoms with E-state index >= 15 is 0 Å². The van der Waals surface area contributed by atoms with Crippen LogP contribution in [0.2, 0.25) is 0 Å². The van der Waals surface area contributed by atoms with E-state index in [0.29, 0.717) is 0 Å². The lowest BCUT2D eigenvalue weighted by Crippen LogP contribution is -2.74. The summed E-state index contributed by atoms with van der Waals surface area (Å²) in [6, 6.07) is 46.3. The van der Waals surface area contributed by atoms with Gasteiger partial charge in [0.1, 0.15) is 0 Å². The maximum Gasteiger partial charge on any atom is 0.466 e. The fraction of sp³-hybridized carbons (Fsp3) is 0. The van der Waals surface area contributed by atoms with Gasteiger partial charge >= 0.3 is 28.3 Å². The zero-order valence-electron chi connectivity index (χ0n) is 24.2. The molecule has 0 spiro atoms. The van der Waals surface area contributed by atoms with Gasteiger partial charge in [-0.15, -0.1) is 0 Å². The molecule has 0 bridgehead atoms. The van der Waals surface area contributed by atoms with Crippen molar-refractivity contribution in [3.05, 3.63) is 133 Å². The highest BCUT2D eigenvalue weighted by Crippen LogP contribution is 2.46. The Hall–Kier alpha value is -4.94. The minimum atomic E-state index is -0.801. The molecular weight excluding hydrogens is 552 g/mol. The number of nitrogens with zero attached hydrogens (tertiary/aromatic N) is 1. The molecule has 45 heavy (non-hydrogen) atoms. The van der Waals surface area contributed by atoms with E-state index in [4.69, 9.17) is 9.14 Å². The predicted octanol–water partition coefficient (Wildman–Crippen LogP) is 4.13. The van der Waals surface area contributed by atoms with E-state index in [0.717, 1.165) is 55.5 Å². The van der Waals surface area contributed by atoms with Crippen molar-refractivity contribution in [2.24, 2.45) is 0 Å². The van der Waals surface area contributed by atoms with E-state index in [9.17, 15) is 5.02 Å². The summed E-state index contributed by atoms with van der Waals surface area (Å²) in [7, 11) is -2.12. The molecular formula is C36H24B4N2O3. The van der Waals surface area contributed by atoms with E-state index in [1.54, 1.807) is 0 Å². The summed E-state index contributed by atoms with van der Waals surface area (Å²) in [6.07, 6.45) is 0. The Labute approximate surface area is 263 Å². The van der Waals surface area contributed by atoms with Crippen LogP contribution in [0.3, 0.4) is 0 Å². The first kappa shape index (κ1) is 25.4. The van der Waals surface area contributed by atoms with Crippen molar-refractivity contribution < 1.29 is 14.2 Å². The Balaban J connectivity index is 1.15. The summed E-state index contributed by atoms with van der Waals surface area (Å²) in [6.45, 7) is 0. The second-order valence-corrected chi connectivity index (χ2v) is 12.0. The second kappa shape index (κ2) is 9.53. The highest BCUT2D eigenvalue weighted by atomic mass is 16.6. The van der Waals surface area contributed by atoms with Crippen LogP contribution in [-0.2, 0) is 9.14 Å². The lowest BCUT2D eigenvalue weighted by Gasteiger charge is -2.49. The molecule has 6 aromatic carbocycles. The smallest absolute Gasteiger partial charge is 0.450 e. The monoisotopic (exact) mass is 576 g/mol. The SMILES string of the molecule is OB1Nc2c(cccc2-c2ccccc2B2OB3c4ccccc4-c4cccc5c4N3B(O2)c2ccccc2-5)-c2ccccc21. The number of fused-ring (bicyclic) bond motifs is 9. The van der Waals surface area contributed by atoms with Crippen LogP contribution in [0.15, 0.2) is 133 Å². The number of para-hydroxylation sites is 2. The summed E-state index contributed by atoms with van der Waals surface area (Å²) in [5, 5.41) is 14.5. The Bertz CT molecular complexity index is 2120. The van der Waals surface area contributed by atoms with Gasteiger partial charge in [0.05, 0.1) is 0 Å². The maximum atomic E-state index is 11.1. The second-order valence-electron chi connectivity index (χ2n) is 12.0. The van der Waals surface area contributed by atoms with Crippen LogP contribution in [0.5, 0.6) is 0 Å². The first-order valence-electron chi connectivity index (χ1n) is 15.4. The van der Waals surface area contributed by atoms with Crippen molar-refractivity contribution in [1.29, 1.82) is 0 Å². The fourth-order valence-corrected chi connectivity index (χ4v) is 7.82. The summed E-state index contributed by atoms with van der Waals surface area (Å²) in [5.41, 5.74) is 15.0. The summed E-state index contributed by atoms with van der Waals surface area (Å²) in [4.78, 5) is 0. The first-order chi connectivity index (χ1) is 22.3. The molecule has 10 rings (SSSR count). The van der Waals surface area contributed by atoms with Crippen LogP contribution in [0.4, 0.5) is 11.4 Å². The number of nitrogens with one attached hydrogen (secondary N) is 1. The molecule has 9 heteroatoms. The normalized spacial score (nSPS) is 15.0. The van der Waals surface area contributed by atoms with Gasteiger partial charge in [0, 0.05) is 33.6 Å². The van der Waals surface area contributed by atoms with Gasteiger partial charge in [0.15, 0.2) is 0 Å². The third-order valence-electron chi connectivity index (χ3n) is 9.73. The lowest BCUT2D eigenvalue weighted by atomic mass is 9.47.